The number of ether oxygens (including phenoxy) is 1. The van der Waals surface area contributed by atoms with E-state index >= 15 is 0 Å². The Labute approximate surface area is 194 Å². The summed E-state index contributed by atoms with van der Waals surface area (Å²) in [6.45, 7) is 7.75. The van der Waals surface area contributed by atoms with Gasteiger partial charge in [-0.25, -0.2) is 0 Å². The number of likely N-dealkylation sites (N-methyl/N-ethyl adjacent to an activating group) is 1. The standard InChI is InChI=1S/C22H39N5O.HI/c1-18-10-14-27(15-11-18)13-7-12-24-22(23-2)25-17-21(26(3)4)19-8-6-9-20(16-19)28-5;/h6,8-9,16,18,21H,7,10-15,17H2,1-5H3,(H2,23,24,25);1H. The number of nitrogens with one attached hydrogen (secondary N) is 2. The topological polar surface area (TPSA) is 52.1 Å². The minimum Gasteiger partial charge on any atom is -0.497 e. The van der Waals surface area contributed by atoms with Crippen molar-refractivity contribution < 1.29 is 4.74 Å². The summed E-state index contributed by atoms with van der Waals surface area (Å²) in [4.78, 5) is 9.18. The predicted octanol–water partition coefficient (Wildman–Crippen LogP) is 3.20. The Morgan fingerprint density at radius 2 is 2.00 bits per heavy atom. The van der Waals surface area contributed by atoms with E-state index in [9.17, 15) is 0 Å². The average Bonchev–Trinajstić information content (AvgIpc) is 2.71. The molecule has 1 aromatic rings. The number of rotatable bonds is 9. The van der Waals surface area contributed by atoms with Crippen molar-refractivity contribution in [1.29, 1.82) is 0 Å². The molecule has 1 fully saturated rings. The Balaban J connectivity index is 0.00000420. The highest BCUT2D eigenvalue weighted by Crippen LogP contribution is 2.22. The fourth-order valence-corrected chi connectivity index (χ4v) is 3.66. The van der Waals surface area contributed by atoms with Gasteiger partial charge >= 0.3 is 0 Å². The molecular weight excluding hydrogens is 477 g/mol. The fraction of sp³-hybridized carbons (Fsp3) is 0.682. The molecule has 2 N–H and O–H groups in total. The van der Waals surface area contributed by atoms with Gasteiger partial charge in [-0.1, -0.05) is 19.1 Å². The van der Waals surface area contributed by atoms with Gasteiger partial charge in [-0.15, -0.1) is 24.0 Å². The molecule has 1 aliphatic heterocycles. The maximum Gasteiger partial charge on any atom is 0.191 e. The van der Waals surface area contributed by atoms with Crippen LogP contribution in [0.4, 0.5) is 0 Å². The Morgan fingerprint density at radius 3 is 2.62 bits per heavy atom. The zero-order chi connectivity index (χ0) is 20.4. The van der Waals surface area contributed by atoms with E-state index < -0.39 is 0 Å². The van der Waals surface area contributed by atoms with Crippen molar-refractivity contribution in [2.24, 2.45) is 10.9 Å². The van der Waals surface area contributed by atoms with Crippen LogP contribution in [-0.2, 0) is 0 Å². The van der Waals surface area contributed by atoms with E-state index in [-0.39, 0.29) is 30.0 Å². The molecule has 2 rings (SSSR count). The predicted molar refractivity (Wildman–Crippen MR) is 134 cm³/mol. The number of piperidine rings is 1. The second-order valence-electron chi connectivity index (χ2n) is 8.01. The first-order valence-electron chi connectivity index (χ1n) is 10.5. The normalized spacial score (nSPS) is 17.0. The molecule has 0 saturated carbocycles. The van der Waals surface area contributed by atoms with Crippen LogP contribution in [-0.4, -0.2) is 76.7 Å². The van der Waals surface area contributed by atoms with Crippen LogP contribution in [0.15, 0.2) is 29.3 Å². The lowest BCUT2D eigenvalue weighted by molar-refractivity contribution is 0.191. The number of aliphatic imine (C=N–C) groups is 1. The van der Waals surface area contributed by atoms with E-state index in [4.69, 9.17) is 4.74 Å². The lowest BCUT2D eigenvalue weighted by atomic mass is 9.99. The largest absolute Gasteiger partial charge is 0.497 e. The lowest BCUT2D eigenvalue weighted by Crippen LogP contribution is -2.42. The van der Waals surface area contributed by atoms with Gasteiger partial charge in [0.2, 0.25) is 0 Å². The minimum absolute atomic E-state index is 0. The van der Waals surface area contributed by atoms with Crippen molar-refractivity contribution in [3.63, 3.8) is 0 Å². The van der Waals surface area contributed by atoms with E-state index in [0.29, 0.717) is 0 Å². The summed E-state index contributed by atoms with van der Waals surface area (Å²) in [6, 6.07) is 8.50. The Hall–Kier alpha value is -1.06. The molecule has 7 heteroatoms. The lowest BCUT2D eigenvalue weighted by Gasteiger charge is -2.30. The Kier molecular flexibility index (Phi) is 12.6. The van der Waals surface area contributed by atoms with Crippen LogP contribution >= 0.6 is 24.0 Å². The van der Waals surface area contributed by atoms with E-state index in [0.717, 1.165) is 37.1 Å². The molecule has 0 aliphatic carbocycles. The molecule has 1 heterocycles. The highest BCUT2D eigenvalue weighted by Gasteiger charge is 2.16. The third-order valence-corrected chi connectivity index (χ3v) is 5.61. The summed E-state index contributed by atoms with van der Waals surface area (Å²) in [7, 11) is 7.73. The average molecular weight is 518 g/mol. The molecular formula is C22H40IN5O. The maximum absolute atomic E-state index is 5.37. The second kappa shape index (κ2) is 14.0. The van der Waals surface area contributed by atoms with Crippen LogP contribution < -0.4 is 15.4 Å². The van der Waals surface area contributed by atoms with Gasteiger partial charge in [0.25, 0.3) is 0 Å². The molecule has 0 radical (unpaired) electrons. The molecule has 166 valence electrons. The molecule has 1 aliphatic rings. The SMILES string of the molecule is CN=C(NCCCN1CCC(C)CC1)NCC(c1cccc(OC)c1)N(C)C.I. The first-order valence-corrected chi connectivity index (χ1v) is 10.5. The summed E-state index contributed by atoms with van der Waals surface area (Å²) < 4.78 is 5.37. The summed E-state index contributed by atoms with van der Waals surface area (Å²) in [5.74, 6) is 2.65. The molecule has 0 bridgehead atoms. The van der Waals surface area contributed by atoms with Crippen LogP contribution in [0, 0.1) is 5.92 Å². The molecule has 0 aromatic heterocycles. The molecule has 0 amide bonds. The summed E-state index contributed by atoms with van der Waals surface area (Å²) >= 11 is 0. The van der Waals surface area contributed by atoms with Crippen molar-refractivity contribution in [3.05, 3.63) is 29.8 Å². The smallest absolute Gasteiger partial charge is 0.191 e. The van der Waals surface area contributed by atoms with Crippen molar-refractivity contribution in [1.82, 2.24) is 20.4 Å². The highest BCUT2D eigenvalue weighted by molar-refractivity contribution is 14.0. The van der Waals surface area contributed by atoms with Crippen molar-refractivity contribution in [3.8, 4) is 5.75 Å². The quantitative estimate of drug-likeness (QED) is 0.228. The van der Waals surface area contributed by atoms with Crippen LogP contribution in [0.3, 0.4) is 0 Å². The van der Waals surface area contributed by atoms with Gasteiger partial charge in [0.05, 0.1) is 13.2 Å². The van der Waals surface area contributed by atoms with Crippen LogP contribution in [0.5, 0.6) is 5.75 Å². The summed E-state index contributed by atoms with van der Waals surface area (Å²) in [5.41, 5.74) is 1.23. The Morgan fingerprint density at radius 1 is 1.28 bits per heavy atom. The molecule has 6 nitrogen and oxygen atoms in total. The van der Waals surface area contributed by atoms with Gasteiger partial charge < -0.3 is 25.2 Å². The molecule has 1 atom stereocenters. The molecule has 0 spiro atoms. The van der Waals surface area contributed by atoms with Crippen molar-refractivity contribution >= 4 is 29.9 Å². The number of halogens is 1. The molecule has 1 unspecified atom stereocenters. The minimum atomic E-state index is 0. The number of hydrogen-bond acceptors (Lipinski definition) is 4. The van der Waals surface area contributed by atoms with Gasteiger partial charge in [0.15, 0.2) is 5.96 Å². The summed E-state index contributed by atoms with van der Waals surface area (Å²) in [6.07, 6.45) is 3.82. The van der Waals surface area contributed by atoms with Gasteiger partial charge in [0.1, 0.15) is 5.75 Å². The number of guanidine groups is 1. The van der Waals surface area contributed by atoms with Gasteiger partial charge in [-0.2, -0.15) is 0 Å². The molecule has 29 heavy (non-hydrogen) atoms. The first kappa shape index (κ1) is 26.0. The van der Waals surface area contributed by atoms with Crippen LogP contribution in [0.1, 0.15) is 37.8 Å². The zero-order valence-electron chi connectivity index (χ0n) is 18.8. The zero-order valence-corrected chi connectivity index (χ0v) is 21.1. The monoisotopic (exact) mass is 517 g/mol. The number of methoxy groups -OCH3 is 1. The third kappa shape index (κ3) is 9.09. The summed E-state index contributed by atoms with van der Waals surface area (Å²) in [5, 5.41) is 6.93. The highest BCUT2D eigenvalue weighted by atomic mass is 127. The fourth-order valence-electron chi connectivity index (χ4n) is 3.66. The number of hydrogen-bond donors (Lipinski definition) is 2. The maximum atomic E-state index is 5.37. The van der Waals surface area contributed by atoms with Gasteiger partial charge in [0, 0.05) is 20.1 Å². The second-order valence-corrected chi connectivity index (χ2v) is 8.01. The number of benzene rings is 1. The van der Waals surface area contributed by atoms with E-state index in [1.807, 2.05) is 19.2 Å². The van der Waals surface area contributed by atoms with Crippen molar-refractivity contribution in [2.45, 2.75) is 32.2 Å². The first-order chi connectivity index (χ1) is 13.5. The van der Waals surface area contributed by atoms with Crippen LogP contribution in [0.25, 0.3) is 0 Å². The van der Waals surface area contributed by atoms with E-state index in [2.05, 4.69) is 58.6 Å². The third-order valence-electron chi connectivity index (χ3n) is 5.61. The van der Waals surface area contributed by atoms with Gasteiger partial charge in [-0.05, 0) is 76.6 Å². The Bertz CT molecular complexity index is 603. The van der Waals surface area contributed by atoms with Crippen molar-refractivity contribution in [2.75, 3.05) is 61.0 Å². The van der Waals surface area contributed by atoms with E-state index in [1.165, 1.54) is 38.0 Å². The van der Waals surface area contributed by atoms with Crippen LogP contribution in [0.2, 0.25) is 0 Å². The molecule has 1 saturated heterocycles. The van der Waals surface area contributed by atoms with E-state index in [1.54, 1.807) is 7.11 Å². The molecule has 1 aromatic carbocycles. The number of nitrogens with zero attached hydrogens (tertiary/aromatic N) is 3. The van der Waals surface area contributed by atoms with Gasteiger partial charge in [-0.3, -0.25) is 4.99 Å². The number of likely N-dealkylation sites (tertiary alicyclic amines) is 1.